The van der Waals surface area contributed by atoms with Gasteiger partial charge < -0.3 is 9.47 Å². The zero-order valence-electron chi connectivity index (χ0n) is 21.8. The topological polar surface area (TPSA) is 18.5 Å². The number of hydrogen-bond donors (Lipinski definition) is 0. The highest BCUT2D eigenvalue weighted by Gasteiger charge is 2.45. The molecule has 1 aliphatic carbocycles. The molecule has 0 aliphatic heterocycles. The van der Waals surface area contributed by atoms with Gasteiger partial charge in [0.25, 0.3) is 0 Å². The van der Waals surface area contributed by atoms with Gasteiger partial charge in [-0.2, -0.15) is 0 Å². The lowest BCUT2D eigenvalue weighted by molar-refractivity contribution is -0.234. The van der Waals surface area contributed by atoms with Crippen LogP contribution in [0.5, 0.6) is 0 Å². The van der Waals surface area contributed by atoms with Gasteiger partial charge in [-0.3, -0.25) is 0 Å². The van der Waals surface area contributed by atoms with Crippen molar-refractivity contribution in [1.29, 1.82) is 0 Å². The first-order chi connectivity index (χ1) is 18.1. The van der Waals surface area contributed by atoms with Gasteiger partial charge in [-0.25, -0.2) is 8.78 Å². The average molecular weight is 503 g/mol. The Morgan fingerprint density at radius 3 is 1.68 bits per heavy atom. The maximum absolute atomic E-state index is 15.6. The van der Waals surface area contributed by atoms with Crippen molar-refractivity contribution in [2.24, 2.45) is 0 Å². The van der Waals surface area contributed by atoms with Crippen LogP contribution >= 0.6 is 0 Å². The largest absolute Gasteiger partial charge is 0.344 e. The van der Waals surface area contributed by atoms with E-state index in [2.05, 4.69) is 43.3 Å². The van der Waals surface area contributed by atoms with E-state index in [0.717, 1.165) is 48.8 Å². The van der Waals surface area contributed by atoms with Gasteiger partial charge in [0.2, 0.25) is 12.0 Å². The lowest BCUT2D eigenvalue weighted by Crippen LogP contribution is -2.46. The number of ether oxygens (including phenoxy) is 2. The van der Waals surface area contributed by atoms with Crippen LogP contribution in [0.25, 0.3) is 27.8 Å². The molecule has 194 valence electrons. The highest BCUT2D eigenvalue weighted by atomic mass is 19.2. The van der Waals surface area contributed by atoms with Gasteiger partial charge in [0.15, 0.2) is 0 Å². The van der Waals surface area contributed by atoms with Crippen LogP contribution in [0, 0.1) is 0 Å². The third-order valence-electron chi connectivity index (χ3n) is 6.74. The molecule has 0 N–H and O–H groups in total. The van der Waals surface area contributed by atoms with Crippen molar-refractivity contribution in [1.82, 2.24) is 0 Å². The van der Waals surface area contributed by atoms with Crippen LogP contribution in [-0.4, -0.2) is 25.2 Å². The summed E-state index contributed by atoms with van der Waals surface area (Å²) < 4.78 is 42.7. The zero-order chi connectivity index (χ0) is 26.1. The van der Waals surface area contributed by atoms with Gasteiger partial charge in [-0.05, 0) is 46.7 Å². The molecule has 0 amide bonds. The molecule has 2 nitrogen and oxygen atoms in total. The molecule has 37 heavy (non-hydrogen) atoms. The number of rotatable bonds is 12. The summed E-state index contributed by atoms with van der Waals surface area (Å²) in [6.07, 6.45) is 5.56. The summed E-state index contributed by atoms with van der Waals surface area (Å²) in [5, 5.41) is 0. The van der Waals surface area contributed by atoms with Gasteiger partial charge in [0.1, 0.15) is 5.83 Å². The van der Waals surface area contributed by atoms with Crippen molar-refractivity contribution in [3.05, 3.63) is 102 Å². The van der Waals surface area contributed by atoms with Crippen molar-refractivity contribution in [2.45, 2.75) is 57.9 Å². The van der Waals surface area contributed by atoms with Crippen molar-refractivity contribution in [2.75, 3.05) is 13.2 Å². The Kier molecular flexibility index (Phi) is 9.43. The molecule has 0 radical (unpaired) electrons. The Bertz CT molecular complexity index is 1180. The Balaban J connectivity index is 1.51. The van der Waals surface area contributed by atoms with Crippen LogP contribution in [-0.2, 0) is 9.47 Å². The summed E-state index contributed by atoms with van der Waals surface area (Å²) in [5.41, 5.74) is 5.24. The second-order valence-electron chi connectivity index (χ2n) is 9.46. The lowest BCUT2D eigenvalue weighted by Gasteiger charge is -2.36. The number of alkyl halides is 1. The highest BCUT2D eigenvalue weighted by Crippen LogP contribution is 2.39. The van der Waals surface area contributed by atoms with Gasteiger partial charge in [-0.15, -0.1) is 0 Å². The molecule has 4 heteroatoms. The van der Waals surface area contributed by atoms with Crippen LogP contribution in [0.3, 0.4) is 0 Å². The molecule has 0 aromatic heterocycles. The van der Waals surface area contributed by atoms with Crippen LogP contribution in [0.15, 0.2) is 96.8 Å². The molecule has 0 spiro atoms. The molecular weight excluding hydrogens is 466 g/mol. The first-order valence-electron chi connectivity index (χ1n) is 13.3. The standard InChI is InChI=1S/C33H36F2O2/c1-3-5-10-24-37-33(36-23-6-4-2)22-21-30(31(34)32(33)35)29-19-17-28(18-20-29)27-15-13-26(14-16-27)25-11-8-7-9-12-25/h7-9,11-22,32H,3-6,10,23-24H2,1-2H3. The molecule has 3 aromatic rings. The quantitative estimate of drug-likeness (QED) is 0.181. The first kappa shape index (κ1) is 27.0. The summed E-state index contributed by atoms with van der Waals surface area (Å²) in [6, 6.07) is 26.1. The summed E-state index contributed by atoms with van der Waals surface area (Å²) in [5.74, 6) is -2.56. The fourth-order valence-electron chi connectivity index (χ4n) is 4.48. The molecule has 0 saturated heterocycles. The van der Waals surface area contributed by atoms with Gasteiger partial charge >= 0.3 is 0 Å². The molecule has 0 heterocycles. The number of unbranched alkanes of at least 4 members (excludes halogenated alkanes) is 3. The smallest absolute Gasteiger partial charge is 0.227 e. The SMILES string of the molecule is CCCCCOC1(OCCCC)C=CC(c2ccc(-c3ccc(-c4ccccc4)cc3)cc2)=C(F)C1F. The molecule has 0 bridgehead atoms. The van der Waals surface area contributed by atoms with E-state index in [-0.39, 0.29) is 5.57 Å². The second kappa shape index (κ2) is 12.9. The Morgan fingerprint density at radius 1 is 0.649 bits per heavy atom. The van der Waals surface area contributed by atoms with Crippen LogP contribution in [0.2, 0.25) is 0 Å². The molecule has 2 atom stereocenters. The number of benzene rings is 3. The molecule has 1 aliphatic rings. The van der Waals surface area contributed by atoms with E-state index in [1.54, 1.807) is 12.2 Å². The fourth-order valence-corrected chi connectivity index (χ4v) is 4.48. The van der Waals surface area contributed by atoms with Crippen LogP contribution in [0.1, 0.15) is 51.5 Å². The maximum Gasteiger partial charge on any atom is 0.227 e. The van der Waals surface area contributed by atoms with E-state index >= 15 is 8.78 Å². The normalized spacial score (nSPS) is 19.4. The molecule has 3 aromatic carbocycles. The molecule has 0 fully saturated rings. The number of hydrogen-bond acceptors (Lipinski definition) is 2. The fraction of sp³-hybridized carbons (Fsp3) is 0.333. The average Bonchev–Trinajstić information content (AvgIpc) is 2.95. The van der Waals surface area contributed by atoms with Crippen molar-refractivity contribution in [3.63, 3.8) is 0 Å². The van der Waals surface area contributed by atoms with E-state index in [4.69, 9.17) is 9.47 Å². The first-order valence-corrected chi connectivity index (χ1v) is 13.3. The summed E-state index contributed by atoms with van der Waals surface area (Å²) >= 11 is 0. The third kappa shape index (κ3) is 6.44. The predicted molar refractivity (Wildman–Crippen MR) is 148 cm³/mol. The predicted octanol–water partition coefficient (Wildman–Crippen LogP) is 9.33. The minimum atomic E-state index is -2.02. The number of allylic oxidation sites excluding steroid dienone is 2. The Hall–Kier alpha value is -3.08. The Labute approximate surface area is 219 Å². The van der Waals surface area contributed by atoms with Crippen molar-refractivity contribution < 1.29 is 18.3 Å². The summed E-state index contributed by atoms with van der Waals surface area (Å²) in [6.45, 7) is 4.76. The van der Waals surface area contributed by atoms with E-state index in [1.807, 2.05) is 49.4 Å². The lowest BCUT2D eigenvalue weighted by atomic mass is 9.92. The molecule has 0 saturated carbocycles. The summed E-state index contributed by atoms with van der Waals surface area (Å²) in [7, 11) is 0. The maximum atomic E-state index is 15.6. The van der Waals surface area contributed by atoms with Crippen LogP contribution < -0.4 is 0 Å². The number of halogens is 2. The van der Waals surface area contributed by atoms with Gasteiger partial charge in [0.05, 0.1) is 13.2 Å². The third-order valence-corrected chi connectivity index (χ3v) is 6.74. The van der Waals surface area contributed by atoms with E-state index < -0.39 is 17.8 Å². The van der Waals surface area contributed by atoms with E-state index in [1.165, 1.54) is 5.56 Å². The molecule has 4 rings (SSSR count). The van der Waals surface area contributed by atoms with Crippen LogP contribution in [0.4, 0.5) is 8.78 Å². The van der Waals surface area contributed by atoms with Crippen molar-refractivity contribution in [3.8, 4) is 22.3 Å². The summed E-state index contributed by atoms with van der Waals surface area (Å²) in [4.78, 5) is 0. The molecule has 2 unspecified atom stereocenters. The van der Waals surface area contributed by atoms with Gasteiger partial charge in [0, 0.05) is 5.57 Å². The van der Waals surface area contributed by atoms with Gasteiger partial charge in [-0.1, -0.05) is 118 Å². The Morgan fingerprint density at radius 2 is 1.14 bits per heavy atom. The van der Waals surface area contributed by atoms with E-state index in [0.29, 0.717) is 18.8 Å². The monoisotopic (exact) mass is 502 g/mol. The minimum absolute atomic E-state index is 0.227. The van der Waals surface area contributed by atoms with Crippen molar-refractivity contribution >= 4 is 5.57 Å². The van der Waals surface area contributed by atoms with E-state index in [9.17, 15) is 0 Å². The minimum Gasteiger partial charge on any atom is -0.344 e. The highest BCUT2D eigenvalue weighted by molar-refractivity contribution is 5.79. The second-order valence-corrected chi connectivity index (χ2v) is 9.46. The zero-order valence-corrected chi connectivity index (χ0v) is 21.8. The molecular formula is C33H36F2O2.